The molecule has 21 heavy (non-hydrogen) atoms. The number of hydrogen-bond donors (Lipinski definition) is 1. The predicted octanol–water partition coefficient (Wildman–Crippen LogP) is 0.833. The Balaban J connectivity index is 2.28. The van der Waals surface area contributed by atoms with Gasteiger partial charge in [0.1, 0.15) is 11.9 Å². The number of likely N-dealkylation sites (tertiary alicyclic amines) is 1. The number of nitro groups is 1. The van der Waals surface area contributed by atoms with Gasteiger partial charge in [0.2, 0.25) is 11.7 Å². The van der Waals surface area contributed by atoms with Gasteiger partial charge in [-0.1, -0.05) is 0 Å². The fourth-order valence-electron chi connectivity index (χ4n) is 2.07. The van der Waals surface area contributed by atoms with E-state index >= 15 is 0 Å². The number of carbonyl (C=O) groups excluding carboxylic acids is 2. The second kappa shape index (κ2) is 5.43. The van der Waals surface area contributed by atoms with Crippen LogP contribution in [0, 0.1) is 21.7 Å². The molecule has 1 atom stereocenters. The lowest BCUT2D eigenvalue weighted by molar-refractivity contribution is -0.387. The quantitative estimate of drug-likeness (QED) is 0.661. The summed E-state index contributed by atoms with van der Waals surface area (Å²) in [6, 6.07) is 0.103. The van der Waals surface area contributed by atoms with Crippen molar-refractivity contribution in [2.45, 2.75) is 12.5 Å². The van der Waals surface area contributed by atoms with Gasteiger partial charge in [-0.15, -0.1) is 0 Å². The van der Waals surface area contributed by atoms with Gasteiger partial charge in [-0.3, -0.25) is 19.7 Å². The average molecular weight is 299 g/mol. The molecule has 0 aromatic heterocycles. The van der Waals surface area contributed by atoms with Crippen LogP contribution >= 0.6 is 0 Å². The molecular weight excluding hydrogens is 288 g/mol. The number of nitro benzene ring substituents is 1. The Bertz CT molecular complexity index is 635. The Labute approximate surface area is 117 Å². The van der Waals surface area contributed by atoms with Crippen LogP contribution in [0.5, 0.6) is 0 Å². The highest BCUT2D eigenvalue weighted by Gasteiger charge is 2.32. The summed E-state index contributed by atoms with van der Waals surface area (Å²) < 4.78 is 27.1. The van der Waals surface area contributed by atoms with Gasteiger partial charge in [-0.2, -0.15) is 4.39 Å². The van der Waals surface area contributed by atoms with Crippen molar-refractivity contribution in [3.05, 3.63) is 39.4 Å². The molecule has 9 heteroatoms. The summed E-state index contributed by atoms with van der Waals surface area (Å²) in [6.45, 7) is 0.426. The van der Waals surface area contributed by atoms with E-state index in [2.05, 4.69) is 5.32 Å². The van der Waals surface area contributed by atoms with E-state index in [-0.39, 0.29) is 5.91 Å². The predicted molar refractivity (Wildman–Crippen MR) is 66.5 cm³/mol. The lowest BCUT2D eigenvalue weighted by Gasteiger charge is -2.12. The molecule has 0 bridgehead atoms. The first-order valence-corrected chi connectivity index (χ1v) is 6.00. The normalized spacial score (nSPS) is 18.0. The highest BCUT2D eigenvalue weighted by molar-refractivity contribution is 5.98. The zero-order valence-corrected chi connectivity index (χ0v) is 10.9. The smallest absolute Gasteiger partial charge is 0.308 e. The van der Waals surface area contributed by atoms with E-state index in [4.69, 9.17) is 0 Å². The van der Waals surface area contributed by atoms with Crippen molar-refractivity contribution in [3.63, 3.8) is 0 Å². The van der Waals surface area contributed by atoms with Gasteiger partial charge < -0.3 is 10.2 Å². The van der Waals surface area contributed by atoms with Gasteiger partial charge in [0.15, 0.2) is 0 Å². The topological polar surface area (TPSA) is 92.6 Å². The van der Waals surface area contributed by atoms with Crippen molar-refractivity contribution in [1.82, 2.24) is 10.2 Å². The number of halogens is 2. The Morgan fingerprint density at radius 3 is 2.67 bits per heavy atom. The Morgan fingerprint density at radius 1 is 1.48 bits per heavy atom. The molecule has 1 N–H and O–H groups in total. The van der Waals surface area contributed by atoms with Crippen LogP contribution in [-0.2, 0) is 4.79 Å². The van der Waals surface area contributed by atoms with E-state index in [1.54, 1.807) is 7.05 Å². The Kier molecular flexibility index (Phi) is 3.83. The molecule has 0 aliphatic carbocycles. The van der Waals surface area contributed by atoms with Crippen LogP contribution in [0.2, 0.25) is 0 Å². The molecule has 0 saturated carbocycles. The van der Waals surface area contributed by atoms with Crippen LogP contribution in [0.4, 0.5) is 14.5 Å². The van der Waals surface area contributed by atoms with E-state index in [1.807, 2.05) is 0 Å². The van der Waals surface area contributed by atoms with Crippen LogP contribution in [0.15, 0.2) is 12.1 Å². The van der Waals surface area contributed by atoms with Crippen LogP contribution in [-0.4, -0.2) is 41.3 Å². The molecule has 2 rings (SSSR count). The van der Waals surface area contributed by atoms with Crippen molar-refractivity contribution in [2.75, 3.05) is 13.6 Å². The van der Waals surface area contributed by atoms with Crippen molar-refractivity contribution in [1.29, 1.82) is 0 Å². The Morgan fingerprint density at radius 2 is 2.14 bits per heavy atom. The number of likely N-dealkylation sites (N-methyl/N-ethyl adjacent to an activating group) is 1. The summed E-state index contributed by atoms with van der Waals surface area (Å²) in [4.78, 5) is 34.4. The number of nitrogens with one attached hydrogen (secondary N) is 1. The third-order valence-electron chi connectivity index (χ3n) is 3.19. The molecule has 0 spiro atoms. The van der Waals surface area contributed by atoms with E-state index in [9.17, 15) is 28.5 Å². The standard InChI is InChI=1S/C12H11F2N3O4/c1-16-3-2-8(12(16)19)15-11(18)7-4-6(13)5-9(10(7)14)17(20)21/h4-5,8H,2-3H2,1H3,(H,15,18). The SMILES string of the molecule is CN1CCC(NC(=O)c2cc(F)cc([N+](=O)[O-])c2F)C1=O. The minimum absolute atomic E-state index is 0.333. The summed E-state index contributed by atoms with van der Waals surface area (Å²) in [5, 5.41) is 12.8. The molecule has 1 saturated heterocycles. The van der Waals surface area contributed by atoms with E-state index in [0.29, 0.717) is 25.1 Å². The van der Waals surface area contributed by atoms with Crippen molar-refractivity contribution in [3.8, 4) is 0 Å². The van der Waals surface area contributed by atoms with E-state index in [1.165, 1.54) is 4.90 Å². The molecule has 1 aromatic rings. The molecular formula is C12H11F2N3O4. The molecule has 2 amide bonds. The number of benzene rings is 1. The first-order valence-electron chi connectivity index (χ1n) is 6.00. The van der Waals surface area contributed by atoms with Crippen molar-refractivity contribution < 1.29 is 23.3 Å². The van der Waals surface area contributed by atoms with Crippen LogP contribution in [0.3, 0.4) is 0 Å². The molecule has 1 heterocycles. The van der Waals surface area contributed by atoms with Gasteiger partial charge in [-0.05, 0) is 12.5 Å². The van der Waals surface area contributed by atoms with Gasteiger partial charge in [0.25, 0.3) is 5.91 Å². The number of nitrogens with zero attached hydrogens (tertiary/aromatic N) is 2. The molecule has 7 nitrogen and oxygen atoms in total. The van der Waals surface area contributed by atoms with Gasteiger partial charge in [0, 0.05) is 13.6 Å². The molecule has 1 aromatic carbocycles. The summed E-state index contributed by atoms with van der Waals surface area (Å²) in [6.07, 6.45) is 0.333. The second-order valence-electron chi connectivity index (χ2n) is 4.62. The van der Waals surface area contributed by atoms with Crippen molar-refractivity contribution >= 4 is 17.5 Å². The lowest BCUT2D eigenvalue weighted by Crippen LogP contribution is -2.40. The highest BCUT2D eigenvalue weighted by atomic mass is 19.1. The lowest BCUT2D eigenvalue weighted by atomic mass is 10.1. The fourth-order valence-corrected chi connectivity index (χ4v) is 2.07. The number of hydrogen-bond acceptors (Lipinski definition) is 4. The maximum Gasteiger partial charge on any atom is 0.308 e. The number of rotatable bonds is 3. The maximum absolute atomic E-state index is 13.8. The molecule has 1 fully saturated rings. The third kappa shape index (κ3) is 2.81. The third-order valence-corrected chi connectivity index (χ3v) is 3.19. The molecule has 1 aliphatic heterocycles. The summed E-state index contributed by atoms with van der Waals surface area (Å²) in [5.74, 6) is -3.96. The van der Waals surface area contributed by atoms with Crippen LogP contribution in [0.25, 0.3) is 0 Å². The Hall–Kier alpha value is -2.58. The minimum atomic E-state index is -1.43. The largest absolute Gasteiger partial charge is 0.344 e. The number of amides is 2. The molecule has 1 aliphatic rings. The first kappa shape index (κ1) is 14.8. The zero-order chi connectivity index (χ0) is 15.7. The summed E-state index contributed by atoms with van der Waals surface area (Å²) in [7, 11) is 1.54. The van der Waals surface area contributed by atoms with Crippen LogP contribution in [0.1, 0.15) is 16.8 Å². The van der Waals surface area contributed by atoms with Gasteiger partial charge in [-0.25, -0.2) is 4.39 Å². The summed E-state index contributed by atoms with van der Waals surface area (Å²) >= 11 is 0. The average Bonchev–Trinajstić information content (AvgIpc) is 2.72. The monoisotopic (exact) mass is 299 g/mol. The fraction of sp³-hybridized carbons (Fsp3) is 0.333. The molecule has 1 unspecified atom stereocenters. The second-order valence-corrected chi connectivity index (χ2v) is 4.62. The maximum atomic E-state index is 13.8. The molecule has 0 radical (unpaired) electrons. The van der Waals surface area contributed by atoms with Gasteiger partial charge in [0.05, 0.1) is 16.6 Å². The molecule has 112 valence electrons. The van der Waals surface area contributed by atoms with E-state index < -0.39 is 39.8 Å². The van der Waals surface area contributed by atoms with Gasteiger partial charge >= 0.3 is 5.69 Å². The minimum Gasteiger partial charge on any atom is -0.344 e. The van der Waals surface area contributed by atoms with Crippen molar-refractivity contribution in [2.24, 2.45) is 0 Å². The highest BCUT2D eigenvalue weighted by Crippen LogP contribution is 2.22. The summed E-state index contributed by atoms with van der Waals surface area (Å²) in [5.41, 5.74) is -1.93. The van der Waals surface area contributed by atoms with E-state index in [0.717, 1.165) is 0 Å². The number of carbonyl (C=O) groups is 2. The zero-order valence-electron chi connectivity index (χ0n) is 10.9. The van der Waals surface area contributed by atoms with Crippen LogP contribution < -0.4 is 5.32 Å². The first-order chi connectivity index (χ1) is 9.81.